The highest BCUT2D eigenvalue weighted by molar-refractivity contribution is 9.10. The zero-order valence-corrected chi connectivity index (χ0v) is 18.8. The Hall–Kier alpha value is -0.563. The molecule has 1 nitrogen and oxygen atoms in total. The molecule has 1 rings (SSSR count). The van der Waals surface area contributed by atoms with Crippen molar-refractivity contribution >= 4 is 24.2 Å². The number of rotatable bonds is 7. The molecule has 1 aromatic carbocycles. The molecule has 1 unspecified atom stereocenters. The van der Waals surface area contributed by atoms with Gasteiger partial charge in [0.15, 0.2) is 8.32 Å². The van der Waals surface area contributed by atoms with E-state index in [9.17, 15) is 0 Å². The lowest BCUT2D eigenvalue weighted by atomic mass is 10.1. The number of unbranched alkanes of at least 4 members (excludes halogenated alkanes) is 3. The van der Waals surface area contributed by atoms with E-state index in [-0.39, 0.29) is 11.1 Å². The molecule has 0 N–H and O–H groups in total. The van der Waals surface area contributed by atoms with Crippen LogP contribution in [0.4, 0.5) is 0 Å². The van der Waals surface area contributed by atoms with Gasteiger partial charge in [0.05, 0.1) is 0 Å². The molecule has 0 radical (unpaired) electrons. The Balaban J connectivity index is 2.84. The van der Waals surface area contributed by atoms with E-state index in [0.717, 1.165) is 17.3 Å². The number of benzene rings is 1. The Morgan fingerprint density at radius 1 is 1.12 bits per heavy atom. The third-order valence-corrected chi connectivity index (χ3v) is 9.76. The van der Waals surface area contributed by atoms with Crippen molar-refractivity contribution in [1.82, 2.24) is 0 Å². The Morgan fingerprint density at radius 3 is 2.29 bits per heavy atom. The molecule has 0 aromatic heterocycles. The van der Waals surface area contributed by atoms with E-state index in [1.165, 1.54) is 24.8 Å². The molecule has 134 valence electrons. The second-order valence-electron chi connectivity index (χ2n) is 7.98. The highest BCUT2D eigenvalue weighted by atomic mass is 79.9. The summed E-state index contributed by atoms with van der Waals surface area (Å²) in [6.45, 7) is 13.7. The van der Waals surface area contributed by atoms with Gasteiger partial charge < -0.3 is 4.43 Å². The Morgan fingerprint density at radius 2 is 1.75 bits per heavy atom. The summed E-state index contributed by atoms with van der Waals surface area (Å²) in [5.74, 6) is 6.78. The van der Waals surface area contributed by atoms with Crippen molar-refractivity contribution in [1.29, 1.82) is 0 Å². The van der Waals surface area contributed by atoms with Crippen LogP contribution in [0.25, 0.3) is 0 Å². The van der Waals surface area contributed by atoms with Crippen LogP contribution in [0, 0.1) is 11.8 Å². The minimum atomic E-state index is -1.82. The van der Waals surface area contributed by atoms with Crippen LogP contribution in [0.3, 0.4) is 0 Å². The van der Waals surface area contributed by atoms with Crippen molar-refractivity contribution in [3.8, 4) is 11.8 Å². The summed E-state index contributed by atoms with van der Waals surface area (Å²) in [5, 5.41) is 0.203. The van der Waals surface area contributed by atoms with E-state index in [0.29, 0.717) is 0 Å². The first-order chi connectivity index (χ1) is 11.2. The molecule has 0 aliphatic carbocycles. The van der Waals surface area contributed by atoms with Crippen molar-refractivity contribution in [3.63, 3.8) is 0 Å². The molecule has 0 aliphatic rings. The summed E-state index contributed by atoms with van der Waals surface area (Å²) in [6, 6.07) is 8.50. The smallest absolute Gasteiger partial charge is 0.193 e. The van der Waals surface area contributed by atoms with Crippen molar-refractivity contribution in [3.05, 3.63) is 34.3 Å². The quantitative estimate of drug-likeness (QED) is 0.269. The maximum atomic E-state index is 6.60. The zero-order chi connectivity index (χ0) is 18.2. The molecule has 24 heavy (non-hydrogen) atoms. The van der Waals surface area contributed by atoms with Gasteiger partial charge in [0.1, 0.15) is 6.10 Å². The normalized spacial score (nSPS) is 13.3. The van der Waals surface area contributed by atoms with Gasteiger partial charge in [-0.1, -0.05) is 74.5 Å². The van der Waals surface area contributed by atoms with Gasteiger partial charge in [0, 0.05) is 17.3 Å². The van der Waals surface area contributed by atoms with Gasteiger partial charge in [0.2, 0.25) is 0 Å². The first-order valence-corrected chi connectivity index (χ1v) is 12.8. The van der Waals surface area contributed by atoms with E-state index in [1.54, 1.807) is 0 Å². The van der Waals surface area contributed by atoms with Crippen LogP contribution in [-0.4, -0.2) is 14.4 Å². The molecule has 0 bridgehead atoms. The molecular formula is C21H33BrOSi. The van der Waals surface area contributed by atoms with Gasteiger partial charge in [-0.05, 0) is 42.2 Å². The van der Waals surface area contributed by atoms with E-state index >= 15 is 0 Å². The molecule has 0 heterocycles. The highest BCUT2D eigenvalue weighted by Crippen LogP contribution is 2.37. The third kappa shape index (κ3) is 7.55. The molecule has 0 saturated heterocycles. The standard InChI is InChI=1S/C21H33BrOSi/c1-7-8-9-10-11-12-20(23-24(5,6)21(2,3)4)17-18-13-15-19(22)16-14-18/h13-16,20H,7-10,17H2,1-6H3. The van der Waals surface area contributed by atoms with Crippen LogP contribution in [-0.2, 0) is 10.8 Å². The van der Waals surface area contributed by atoms with Crippen LogP contribution >= 0.6 is 15.9 Å². The van der Waals surface area contributed by atoms with Gasteiger partial charge in [-0.2, -0.15) is 0 Å². The Labute approximate surface area is 158 Å². The monoisotopic (exact) mass is 408 g/mol. The lowest BCUT2D eigenvalue weighted by molar-refractivity contribution is 0.233. The molecular weight excluding hydrogens is 376 g/mol. The first kappa shape index (κ1) is 21.5. The average Bonchev–Trinajstić information content (AvgIpc) is 2.47. The molecule has 0 spiro atoms. The summed E-state index contributed by atoms with van der Waals surface area (Å²) in [4.78, 5) is 0. The molecule has 0 amide bonds. The fourth-order valence-electron chi connectivity index (χ4n) is 2.14. The Bertz CT molecular complexity index is 546. The number of halogens is 1. The fourth-order valence-corrected chi connectivity index (χ4v) is 3.61. The zero-order valence-electron chi connectivity index (χ0n) is 16.2. The van der Waals surface area contributed by atoms with E-state index < -0.39 is 8.32 Å². The van der Waals surface area contributed by atoms with E-state index in [2.05, 4.69) is 92.8 Å². The molecule has 3 heteroatoms. The molecule has 1 aromatic rings. The summed E-state index contributed by atoms with van der Waals surface area (Å²) in [6.07, 6.45) is 5.52. The number of hydrogen-bond donors (Lipinski definition) is 0. The molecule has 0 aliphatic heterocycles. The topological polar surface area (TPSA) is 9.23 Å². The van der Waals surface area contributed by atoms with Crippen molar-refractivity contribution in [2.75, 3.05) is 0 Å². The van der Waals surface area contributed by atoms with Gasteiger partial charge >= 0.3 is 0 Å². The van der Waals surface area contributed by atoms with Gasteiger partial charge in [0.25, 0.3) is 0 Å². The van der Waals surface area contributed by atoms with Crippen LogP contribution in [0.15, 0.2) is 28.7 Å². The summed E-state index contributed by atoms with van der Waals surface area (Å²) in [7, 11) is -1.82. The third-order valence-electron chi connectivity index (χ3n) is 4.75. The van der Waals surface area contributed by atoms with Crippen molar-refractivity contribution < 1.29 is 4.43 Å². The molecule has 0 fully saturated rings. The summed E-state index contributed by atoms with van der Waals surface area (Å²) >= 11 is 3.50. The first-order valence-electron chi connectivity index (χ1n) is 9.06. The van der Waals surface area contributed by atoms with Crippen LogP contribution in [0.5, 0.6) is 0 Å². The van der Waals surface area contributed by atoms with Crippen molar-refractivity contribution in [2.45, 2.75) is 84.0 Å². The molecule has 0 saturated carbocycles. The fraction of sp³-hybridized carbons (Fsp3) is 0.619. The lowest BCUT2D eigenvalue weighted by Gasteiger charge is -2.38. The second kappa shape index (κ2) is 9.80. The predicted octanol–water partition coefficient (Wildman–Crippen LogP) is 6.97. The average molecular weight is 409 g/mol. The number of hydrogen-bond acceptors (Lipinski definition) is 1. The summed E-state index contributed by atoms with van der Waals surface area (Å²) in [5.41, 5.74) is 1.28. The maximum Gasteiger partial charge on any atom is 0.193 e. The Kier molecular flexibility index (Phi) is 8.77. The minimum absolute atomic E-state index is 0.00584. The van der Waals surface area contributed by atoms with Crippen LogP contribution < -0.4 is 0 Å². The largest absolute Gasteiger partial charge is 0.403 e. The van der Waals surface area contributed by atoms with Crippen LogP contribution in [0.1, 0.15) is 58.9 Å². The van der Waals surface area contributed by atoms with Crippen molar-refractivity contribution in [2.24, 2.45) is 0 Å². The maximum absolute atomic E-state index is 6.60. The van der Waals surface area contributed by atoms with Gasteiger partial charge in [-0.3, -0.25) is 0 Å². The van der Waals surface area contributed by atoms with E-state index in [4.69, 9.17) is 4.43 Å². The van der Waals surface area contributed by atoms with Crippen LogP contribution in [0.2, 0.25) is 18.1 Å². The minimum Gasteiger partial charge on any atom is -0.403 e. The highest BCUT2D eigenvalue weighted by Gasteiger charge is 2.38. The predicted molar refractivity (Wildman–Crippen MR) is 112 cm³/mol. The summed E-state index contributed by atoms with van der Waals surface area (Å²) < 4.78 is 7.71. The SMILES string of the molecule is CCCCCC#CC(Cc1ccc(Br)cc1)O[Si](C)(C)C(C)(C)C. The lowest BCUT2D eigenvalue weighted by Crippen LogP contribution is -2.44. The van der Waals surface area contributed by atoms with E-state index in [1.807, 2.05) is 0 Å². The second-order valence-corrected chi connectivity index (χ2v) is 13.6. The van der Waals surface area contributed by atoms with Gasteiger partial charge in [-0.15, -0.1) is 5.92 Å². The van der Waals surface area contributed by atoms with Gasteiger partial charge in [-0.25, -0.2) is 0 Å². The molecule has 1 atom stereocenters.